The van der Waals surface area contributed by atoms with E-state index in [9.17, 15) is 13.6 Å². The van der Waals surface area contributed by atoms with Gasteiger partial charge in [-0.1, -0.05) is 17.7 Å². The van der Waals surface area contributed by atoms with E-state index in [1.54, 1.807) is 13.0 Å². The Morgan fingerprint density at radius 3 is 2.50 bits per heavy atom. The van der Waals surface area contributed by atoms with Crippen LogP contribution in [0.2, 0.25) is 5.02 Å². The Kier molecular flexibility index (Phi) is 4.22. The van der Waals surface area contributed by atoms with E-state index in [4.69, 9.17) is 11.6 Å². The van der Waals surface area contributed by atoms with Crippen molar-refractivity contribution < 1.29 is 13.6 Å². The number of carbonyl (C=O) groups excluding carboxylic acids is 1. The van der Waals surface area contributed by atoms with Gasteiger partial charge in [0.2, 0.25) is 0 Å². The summed E-state index contributed by atoms with van der Waals surface area (Å²) in [6, 6.07) is 8.36. The fourth-order valence-corrected chi connectivity index (χ4v) is 3.50. The van der Waals surface area contributed by atoms with Crippen LogP contribution >= 0.6 is 11.6 Å². The average Bonchev–Trinajstić information content (AvgIpc) is 2.50. The molecule has 6 heteroatoms. The van der Waals surface area contributed by atoms with Crippen molar-refractivity contribution in [1.82, 2.24) is 0 Å². The predicted octanol–water partition coefficient (Wildman–Crippen LogP) is 4.84. The van der Waals surface area contributed by atoms with Gasteiger partial charge < -0.3 is 4.90 Å². The van der Waals surface area contributed by atoms with Crippen LogP contribution in [0.4, 0.5) is 20.2 Å². The molecule has 1 atom stereocenters. The molecule has 1 unspecified atom stereocenters. The first-order chi connectivity index (χ1) is 11.3. The lowest BCUT2D eigenvalue weighted by Gasteiger charge is -2.46. The molecule has 1 aliphatic rings. The Morgan fingerprint density at radius 2 is 1.88 bits per heavy atom. The highest BCUT2D eigenvalue weighted by Gasteiger charge is 2.39. The molecular formula is C18H17ClF2N2O. The van der Waals surface area contributed by atoms with E-state index >= 15 is 0 Å². The minimum atomic E-state index is -0.591. The van der Waals surface area contributed by atoms with Crippen molar-refractivity contribution in [3.05, 3.63) is 58.6 Å². The van der Waals surface area contributed by atoms with Crippen LogP contribution in [0.5, 0.6) is 0 Å². The van der Waals surface area contributed by atoms with Gasteiger partial charge in [-0.3, -0.25) is 9.69 Å². The lowest BCUT2D eigenvalue weighted by molar-refractivity contribution is 0.0968. The van der Waals surface area contributed by atoms with E-state index in [1.807, 2.05) is 18.7 Å². The van der Waals surface area contributed by atoms with Gasteiger partial charge in [0.1, 0.15) is 23.5 Å². The van der Waals surface area contributed by atoms with Crippen molar-refractivity contribution in [2.75, 3.05) is 9.80 Å². The highest BCUT2D eigenvalue weighted by Crippen LogP contribution is 2.39. The highest BCUT2D eigenvalue weighted by molar-refractivity contribution is 6.34. The van der Waals surface area contributed by atoms with E-state index in [2.05, 4.69) is 0 Å². The largest absolute Gasteiger partial charge is 0.348 e. The molecule has 1 amide bonds. The molecule has 3 rings (SSSR count). The normalized spacial score (nSPS) is 17.5. The first-order valence-electron chi connectivity index (χ1n) is 7.68. The van der Waals surface area contributed by atoms with Gasteiger partial charge in [0.15, 0.2) is 0 Å². The minimum absolute atomic E-state index is 0.0113. The molecule has 0 saturated carbocycles. The molecular weight excluding hydrogens is 334 g/mol. The number of amides is 1. The number of fused-ring (bicyclic) bond motifs is 1. The summed E-state index contributed by atoms with van der Waals surface area (Å²) in [7, 11) is 0. The molecule has 0 saturated heterocycles. The minimum Gasteiger partial charge on any atom is -0.348 e. The maximum atomic E-state index is 14.4. The Balaban J connectivity index is 2.24. The topological polar surface area (TPSA) is 23.6 Å². The Labute approximate surface area is 144 Å². The van der Waals surface area contributed by atoms with Crippen molar-refractivity contribution >= 4 is 28.9 Å². The quantitative estimate of drug-likeness (QED) is 0.773. The van der Waals surface area contributed by atoms with Crippen LogP contribution < -0.4 is 9.80 Å². The molecule has 3 nitrogen and oxygen atoms in total. The molecule has 0 aromatic heterocycles. The maximum Gasteiger partial charge on any atom is 0.262 e. The molecule has 2 aromatic rings. The number of para-hydroxylation sites is 1. The number of hydrogen-bond acceptors (Lipinski definition) is 2. The molecule has 0 N–H and O–H groups in total. The molecule has 0 spiro atoms. The van der Waals surface area contributed by atoms with Crippen LogP contribution in [0.3, 0.4) is 0 Å². The van der Waals surface area contributed by atoms with Crippen molar-refractivity contribution in [3.63, 3.8) is 0 Å². The molecule has 1 aliphatic heterocycles. The second-order valence-electron chi connectivity index (χ2n) is 6.04. The monoisotopic (exact) mass is 350 g/mol. The van der Waals surface area contributed by atoms with Gasteiger partial charge in [-0.25, -0.2) is 8.78 Å². The Morgan fingerprint density at radius 1 is 1.17 bits per heavy atom. The summed E-state index contributed by atoms with van der Waals surface area (Å²) in [6.45, 7) is 5.72. The zero-order chi connectivity index (χ0) is 17.6. The summed E-state index contributed by atoms with van der Waals surface area (Å²) in [5.41, 5.74) is 0.839. The van der Waals surface area contributed by atoms with Gasteiger partial charge >= 0.3 is 0 Å². The number of halogens is 3. The average molecular weight is 351 g/mol. The van der Waals surface area contributed by atoms with Gasteiger partial charge in [-0.15, -0.1) is 0 Å². The maximum absolute atomic E-state index is 14.4. The van der Waals surface area contributed by atoms with Crippen LogP contribution in [-0.4, -0.2) is 18.1 Å². The summed E-state index contributed by atoms with van der Waals surface area (Å²) >= 11 is 6.15. The third-order valence-electron chi connectivity index (χ3n) is 4.20. The first-order valence-corrected chi connectivity index (χ1v) is 8.06. The number of nitrogens with zero attached hydrogens (tertiary/aromatic N) is 2. The predicted molar refractivity (Wildman–Crippen MR) is 91.7 cm³/mol. The van der Waals surface area contributed by atoms with Gasteiger partial charge in [0.25, 0.3) is 5.91 Å². The van der Waals surface area contributed by atoms with E-state index in [-0.39, 0.29) is 22.3 Å². The summed E-state index contributed by atoms with van der Waals surface area (Å²) in [6.07, 6.45) is -0.468. The molecule has 0 bridgehead atoms. The van der Waals surface area contributed by atoms with Crippen LogP contribution in [0.25, 0.3) is 0 Å². The number of benzene rings is 2. The molecule has 0 aliphatic carbocycles. The van der Waals surface area contributed by atoms with Crippen LogP contribution in [0.15, 0.2) is 36.4 Å². The lowest BCUT2D eigenvalue weighted by Crippen LogP contribution is -2.56. The summed E-state index contributed by atoms with van der Waals surface area (Å²) in [5.74, 6) is -1.58. The number of anilines is 2. The van der Waals surface area contributed by atoms with E-state index in [0.29, 0.717) is 5.69 Å². The first kappa shape index (κ1) is 16.7. The molecule has 126 valence electrons. The van der Waals surface area contributed by atoms with Crippen molar-refractivity contribution in [2.24, 2.45) is 0 Å². The van der Waals surface area contributed by atoms with E-state index in [1.165, 1.54) is 35.2 Å². The molecule has 0 radical (unpaired) electrons. The van der Waals surface area contributed by atoms with Crippen molar-refractivity contribution in [3.8, 4) is 0 Å². The van der Waals surface area contributed by atoms with E-state index in [0.717, 1.165) is 0 Å². The summed E-state index contributed by atoms with van der Waals surface area (Å²) in [4.78, 5) is 16.2. The molecule has 1 heterocycles. The standard InChI is InChI=1S/C18H17ClF2N2O/c1-10(2)22-11(3)23(17-14(19)5-4-6-15(17)21)18(24)13-9-12(20)7-8-16(13)22/h4-11H,1-3H3. The van der Waals surface area contributed by atoms with Crippen molar-refractivity contribution in [1.29, 1.82) is 0 Å². The van der Waals surface area contributed by atoms with Gasteiger partial charge in [-0.2, -0.15) is 0 Å². The summed E-state index contributed by atoms with van der Waals surface area (Å²) in [5, 5.41) is 0.138. The molecule has 0 fully saturated rings. The van der Waals surface area contributed by atoms with Crippen LogP contribution in [0.1, 0.15) is 31.1 Å². The van der Waals surface area contributed by atoms with Crippen LogP contribution in [-0.2, 0) is 0 Å². The lowest BCUT2D eigenvalue weighted by atomic mass is 10.0. The third-order valence-corrected chi connectivity index (χ3v) is 4.50. The summed E-state index contributed by atoms with van der Waals surface area (Å²) < 4.78 is 28.1. The smallest absolute Gasteiger partial charge is 0.262 e. The third kappa shape index (κ3) is 2.53. The fourth-order valence-electron chi connectivity index (χ4n) is 3.25. The Hall–Kier alpha value is -2.14. The molecule has 24 heavy (non-hydrogen) atoms. The van der Waals surface area contributed by atoms with Gasteiger partial charge in [-0.05, 0) is 51.1 Å². The fraction of sp³-hybridized carbons (Fsp3) is 0.278. The highest BCUT2D eigenvalue weighted by atomic mass is 35.5. The zero-order valence-electron chi connectivity index (χ0n) is 13.6. The van der Waals surface area contributed by atoms with Crippen LogP contribution in [0, 0.1) is 11.6 Å². The molecule has 2 aromatic carbocycles. The van der Waals surface area contributed by atoms with Gasteiger partial charge in [0, 0.05) is 6.04 Å². The number of carbonyl (C=O) groups is 1. The number of hydrogen-bond donors (Lipinski definition) is 0. The number of rotatable bonds is 2. The van der Waals surface area contributed by atoms with Gasteiger partial charge in [0.05, 0.1) is 16.3 Å². The van der Waals surface area contributed by atoms with E-state index < -0.39 is 23.7 Å². The Bertz CT molecular complexity index is 789. The SMILES string of the molecule is CC(C)N1c2ccc(F)cc2C(=O)N(c2c(F)cccc2Cl)C1C. The zero-order valence-corrected chi connectivity index (χ0v) is 14.3. The second-order valence-corrected chi connectivity index (χ2v) is 6.45. The van der Waals surface area contributed by atoms with Crippen molar-refractivity contribution in [2.45, 2.75) is 33.0 Å². The second kappa shape index (κ2) is 6.06.